The maximum Gasteiger partial charge on any atom is 0.267 e. The first-order valence-electron chi connectivity index (χ1n) is 7.82. The molecule has 0 aromatic heterocycles. The van der Waals surface area contributed by atoms with Gasteiger partial charge in [-0.25, -0.2) is 4.39 Å². The van der Waals surface area contributed by atoms with Crippen molar-refractivity contribution < 1.29 is 29.0 Å². The molecule has 8 heteroatoms. The van der Waals surface area contributed by atoms with Crippen molar-refractivity contribution in [2.24, 2.45) is 5.16 Å². The van der Waals surface area contributed by atoms with Gasteiger partial charge < -0.3 is 19.8 Å². The fourth-order valence-electron chi connectivity index (χ4n) is 2.77. The number of phenols is 1. The fraction of sp³-hybridized carbons (Fsp3) is 0.222. The van der Waals surface area contributed by atoms with E-state index in [9.17, 15) is 14.3 Å². The van der Waals surface area contributed by atoms with Crippen molar-refractivity contribution in [1.82, 2.24) is 0 Å². The first-order chi connectivity index (χ1) is 12.5. The number of phenolic OH excluding ortho intramolecular Hbond substituents is 1. The number of ketones is 1. The van der Waals surface area contributed by atoms with Crippen molar-refractivity contribution in [3.63, 3.8) is 0 Å². The van der Waals surface area contributed by atoms with Crippen molar-refractivity contribution in [2.45, 2.75) is 19.4 Å². The van der Waals surface area contributed by atoms with Crippen molar-refractivity contribution in [1.29, 1.82) is 0 Å². The van der Waals surface area contributed by atoms with Crippen LogP contribution < -0.4 is 4.74 Å². The first kappa shape index (κ1) is 18.0. The largest absolute Gasteiger partial charge is 0.505 e. The van der Waals surface area contributed by atoms with E-state index in [4.69, 9.17) is 26.3 Å². The molecule has 136 valence electrons. The number of carbonyl (C=O) groups is 1. The lowest BCUT2D eigenvalue weighted by Gasteiger charge is -2.13. The van der Waals surface area contributed by atoms with Gasteiger partial charge in [0, 0.05) is 12.0 Å². The molecule has 0 saturated heterocycles. The number of carbonyl (C=O) groups excluding carboxylic acids is 1. The molecule has 6 nitrogen and oxygen atoms in total. The topological polar surface area (TPSA) is 88.4 Å². The van der Waals surface area contributed by atoms with Gasteiger partial charge in [0.25, 0.3) is 5.90 Å². The minimum atomic E-state index is -0.745. The van der Waals surface area contributed by atoms with E-state index in [1.54, 1.807) is 6.92 Å². The fourth-order valence-corrected chi connectivity index (χ4v) is 3.04. The third kappa shape index (κ3) is 3.06. The first-order valence-corrected chi connectivity index (χ1v) is 8.20. The number of fused-ring (bicyclic) bond motifs is 1. The molecule has 2 aromatic carbocycles. The lowest BCUT2D eigenvalue weighted by Crippen LogP contribution is -2.27. The number of aromatic hydroxyl groups is 1. The van der Waals surface area contributed by atoms with Crippen LogP contribution in [0.5, 0.6) is 11.5 Å². The maximum absolute atomic E-state index is 13.9. The van der Waals surface area contributed by atoms with Crippen LogP contribution in [0.4, 0.5) is 4.39 Å². The van der Waals surface area contributed by atoms with Gasteiger partial charge in [-0.2, -0.15) is 0 Å². The smallest absolute Gasteiger partial charge is 0.267 e. The van der Waals surface area contributed by atoms with Crippen LogP contribution >= 0.6 is 11.6 Å². The molecule has 0 radical (unpaired) electrons. The van der Waals surface area contributed by atoms with Gasteiger partial charge >= 0.3 is 0 Å². The Morgan fingerprint density at radius 2 is 2.15 bits per heavy atom. The number of halogens is 2. The van der Waals surface area contributed by atoms with Crippen molar-refractivity contribution in [3.8, 4) is 11.5 Å². The van der Waals surface area contributed by atoms with Gasteiger partial charge in [-0.05, 0) is 25.1 Å². The number of rotatable bonds is 4. The third-order valence-electron chi connectivity index (χ3n) is 3.97. The lowest BCUT2D eigenvalue weighted by molar-refractivity contribution is 0.103. The van der Waals surface area contributed by atoms with Crippen LogP contribution in [-0.2, 0) is 11.2 Å². The second-order valence-corrected chi connectivity index (χ2v) is 5.94. The molecule has 0 fully saturated rings. The average Bonchev–Trinajstić information content (AvgIpc) is 3.06. The van der Waals surface area contributed by atoms with E-state index in [2.05, 4.69) is 5.16 Å². The van der Waals surface area contributed by atoms with Crippen molar-refractivity contribution in [2.75, 3.05) is 6.61 Å². The Balaban J connectivity index is 2.00. The molecular formula is C18H15ClFNO5. The average molecular weight is 380 g/mol. The molecule has 1 atom stereocenters. The molecule has 0 aliphatic carbocycles. The predicted molar refractivity (Wildman–Crippen MR) is 91.9 cm³/mol. The molecule has 0 spiro atoms. The quantitative estimate of drug-likeness (QED) is 0.279. The van der Waals surface area contributed by atoms with Crippen LogP contribution in [0.15, 0.2) is 35.5 Å². The summed E-state index contributed by atoms with van der Waals surface area (Å²) < 4.78 is 24.7. The molecule has 2 aromatic rings. The van der Waals surface area contributed by atoms with E-state index in [0.717, 1.165) is 6.07 Å². The van der Waals surface area contributed by atoms with E-state index in [1.807, 2.05) is 0 Å². The predicted octanol–water partition coefficient (Wildman–Crippen LogP) is 3.54. The molecule has 1 aliphatic heterocycles. The number of oxime groups is 1. The SMILES string of the molecule is CCOC(=NO)C1Cc2cc(C(=O)c3ccccc3F)c(O)c(Cl)c2O1. The Bertz CT molecular complexity index is 899. The normalized spacial score (nSPS) is 16.1. The van der Waals surface area contributed by atoms with Gasteiger partial charge in [-0.3, -0.25) is 4.79 Å². The highest BCUT2D eigenvalue weighted by Crippen LogP contribution is 2.44. The van der Waals surface area contributed by atoms with Gasteiger partial charge in [0.2, 0.25) is 0 Å². The van der Waals surface area contributed by atoms with Crippen LogP contribution in [0.1, 0.15) is 28.4 Å². The van der Waals surface area contributed by atoms with Gasteiger partial charge in [0.05, 0.1) is 17.7 Å². The van der Waals surface area contributed by atoms with Crippen molar-refractivity contribution >= 4 is 23.3 Å². The van der Waals surface area contributed by atoms with E-state index in [-0.39, 0.29) is 40.8 Å². The molecule has 1 unspecified atom stereocenters. The number of hydrogen-bond donors (Lipinski definition) is 2. The van der Waals surface area contributed by atoms with Gasteiger partial charge in [-0.15, -0.1) is 0 Å². The van der Waals surface area contributed by atoms with Gasteiger partial charge in [-0.1, -0.05) is 28.9 Å². The summed E-state index contributed by atoms with van der Waals surface area (Å²) in [6, 6.07) is 6.86. The van der Waals surface area contributed by atoms with Crippen LogP contribution in [0.3, 0.4) is 0 Å². The van der Waals surface area contributed by atoms with Crippen LogP contribution in [0.25, 0.3) is 0 Å². The summed E-state index contributed by atoms with van der Waals surface area (Å²) >= 11 is 6.14. The lowest BCUT2D eigenvalue weighted by atomic mass is 9.98. The third-order valence-corrected chi connectivity index (χ3v) is 4.32. The molecule has 2 N–H and O–H groups in total. The van der Waals surface area contributed by atoms with E-state index in [1.165, 1.54) is 24.3 Å². The Kier molecular flexibility index (Phi) is 4.99. The minimum Gasteiger partial charge on any atom is -0.505 e. The molecule has 1 aliphatic rings. The zero-order valence-corrected chi connectivity index (χ0v) is 14.5. The van der Waals surface area contributed by atoms with Gasteiger partial charge in [0.1, 0.15) is 22.3 Å². The number of benzene rings is 2. The summed E-state index contributed by atoms with van der Waals surface area (Å²) in [5.74, 6) is -1.78. The highest BCUT2D eigenvalue weighted by Gasteiger charge is 2.34. The second kappa shape index (κ2) is 7.21. The Morgan fingerprint density at radius 3 is 2.81 bits per heavy atom. The number of hydrogen-bond acceptors (Lipinski definition) is 6. The van der Waals surface area contributed by atoms with E-state index in [0.29, 0.717) is 5.56 Å². The van der Waals surface area contributed by atoms with E-state index < -0.39 is 23.5 Å². The summed E-state index contributed by atoms with van der Waals surface area (Å²) in [5.41, 5.74) is 0.196. The Morgan fingerprint density at radius 1 is 1.42 bits per heavy atom. The van der Waals surface area contributed by atoms with E-state index >= 15 is 0 Å². The summed E-state index contributed by atoms with van der Waals surface area (Å²) in [6.07, 6.45) is -0.530. The molecular weight excluding hydrogens is 365 g/mol. The van der Waals surface area contributed by atoms with Crippen LogP contribution in [0, 0.1) is 5.82 Å². The highest BCUT2D eigenvalue weighted by atomic mass is 35.5. The van der Waals surface area contributed by atoms with Crippen molar-refractivity contribution in [3.05, 3.63) is 57.9 Å². The second-order valence-electron chi connectivity index (χ2n) is 5.57. The minimum absolute atomic E-state index is 0.0405. The van der Waals surface area contributed by atoms with Crippen LogP contribution in [-0.4, -0.2) is 34.7 Å². The maximum atomic E-state index is 13.9. The van der Waals surface area contributed by atoms with Crippen LogP contribution in [0.2, 0.25) is 5.02 Å². The molecule has 26 heavy (non-hydrogen) atoms. The summed E-state index contributed by atoms with van der Waals surface area (Å²) in [7, 11) is 0. The molecule has 1 heterocycles. The molecule has 3 rings (SSSR count). The van der Waals surface area contributed by atoms with Gasteiger partial charge in [0.15, 0.2) is 11.9 Å². The number of ether oxygens (including phenoxy) is 2. The Hall–Kier alpha value is -2.80. The number of nitrogens with zero attached hydrogens (tertiary/aromatic N) is 1. The molecule has 0 saturated carbocycles. The Labute approximate surface area is 153 Å². The summed E-state index contributed by atoms with van der Waals surface area (Å²) in [5, 5.41) is 22.2. The summed E-state index contributed by atoms with van der Waals surface area (Å²) in [6.45, 7) is 1.99. The zero-order valence-electron chi connectivity index (χ0n) is 13.7. The highest BCUT2D eigenvalue weighted by molar-refractivity contribution is 6.34. The zero-order chi connectivity index (χ0) is 18.8. The molecule has 0 bridgehead atoms. The monoisotopic (exact) mass is 379 g/mol. The summed E-state index contributed by atoms with van der Waals surface area (Å²) in [4.78, 5) is 12.6. The standard InChI is InChI=1S/C18H15ClFNO5/c1-2-25-18(21-24)13-8-9-7-11(16(23)14(19)17(9)26-13)15(22)10-5-3-4-6-12(10)20/h3-7,13,23-24H,2,8H2,1H3. The molecule has 0 amide bonds.